The predicted octanol–water partition coefficient (Wildman–Crippen LogP) is 3.24. The lowest BCUT2D eigenvalue weighted by molar-refractivity contribution is -0.180. The number of nitrogens with one attached hydrogen (secondary N) is 1. The molecule has 0 aromatic carbocycles. The minimum Gasteiger partial charge on any atom is -0.459 e. The molecule has 2 aliphatic heterocycles. The number of carbonyl (C=O) groups is 2. The van der Waals surface area contributed by atoms with Crippen molar-refractivity contribution in [2.75, 3.05) is 13.7 Å². The molecule has 2 saturated heterocycles. The summed E-state index contributed by atoms with van der Waals surface area (Å²) in [5.74, 6) is -0.349. The first-order valence-corrected chi connectivity index (χ1v) is 12.5. The van der Waals surface area contributed by atoms with Crippen molar-refractivity contribution < 1.29 is 33.6 Å². The highest BCUT2D eigenvalue weighted by Crippen LogP contribution is 2.30. The van der Waals surface area contributed by atoms with E-state index in [1.54, 1.807) is 20.1 Å². The van der Waals surface area contributed by atoms with Gasteiger partial charge in [-0.3, -0.25) is 9.59 Å². The van der Waals surface area contributed by atoms with E-state index in [9.17, 15) is 14.7 Å². The Labute approximate surface area is 209 Å². The highest BCUT2D eigenvalue weighted by Gasteiger charge is 2.41. The van der Waals surface area contributed by atoms with E-state index in [1.165, 1.54) is 13.0 Å². The van der Waals surface area contributed by atoms with Crippen molar-refractivity contribution >= 4 is 11.9 Å². The molecule has 8 nitrogen and oxygen atoms in total. The van der Waals surface area contributed by atoms with Crippen LogP contribution >= 0.6 is 0 Å². The van der Waals surface area contributed by atoms with Gasteiger partial charge in [-0.2, -0.15) is 0 Å². The zero-order chi connectivity index (χ0) is 26.2. The second-order valence-corrected chi connectivity index (χ2v) is 9.97. The van der Waals surface area contributed by atoms with Crippen molar-refractivity contribution in [2.24, 2.45) is 5.92 Å². The number of aliphatic hydroxyl groups is 1. The molecule has 0 radical (unpaired) electrons. The lowest BCUT2D eigenvalue weighted by Gasteiger charge is -2.40. The van der Waals surface area contributed by atoms with Crippen LogP contribution in [-0.2, 0) is 28.5 Å². The van der Waals surface area contributed by atoms with Gasteiger partial charge in [0, 0.05) is 26.5 Å². The molecule has 0 aromatic heterocycles. The van der Waals surface area contributed by atoms with Crippen LogP contribution in [0.1, 0.15) is 60.8 Å². The minimum absolute atomic E-state index is 0.0503. The summed E-state index contributed by atoms with van der Waals surface area (Å²) in [5.41, 5.74) is 0.464. The minimum atomic E-state index is -0.722. The smallest absolute Gasteiger partial charge is 0.303 e. The molecule has 0 aliphatic carbocycles. The lowest BCUT2D eigenvalue weighted by Crippen LogP contribution is -2.53. The molecule has 8 heteroatoms. The maximum atomic E-state index is 12.3. The van der Waals surface area contributed by atoms with Crippen LogP contribution in [0.3, 0.4) is 0 Å². The van der Waals surface area contributed by atoms with Gasteiger partial charge in [0.2, 0.25) is 5.91 Å². The number of ether oxygens (including phenoxy) is 4. The molecule has 2 heterocycles. The van der Waals surface area contributed by atoms with Gasteiger partial charge in [-0.05, 0) is 52.5 Å². The number of esters is 1. The third-order valence-electron chi connectivity index (χ3n) is 6.95. The largest absolute Gasteiger partial charge is 0.459 e. The van der Waals surface area contributed by atoms with Crippen molar-refractivity contribution in [2.45, 2.75) is 103 Å². The molecule has 0 saturated carbocycles. The lowest BCUT2D eigenvalue weighted by atomic mass is 9.87. The summed E-state index contributed by atoms with van der Waals surface area (Å²) in [6.07, 6.45) is 9.52. The SMILES string of the molecule is COC1(C)CCOC(/C=C/C(C)=C/CC2OC(C)C(NC(=O)/C=C\C(C)OC(C)=O)CC2C)[C@H]1O. The van der Waals surface area contributed by atoms with Crippen LogP contribution in [0.25, 0.3) is 0 Å². The quantitative estimate of drug-likeness (QED) is 0.289. The van der Waals surface area contributed by atoms with E-state index in [0.29, 0.717) is 13.0 Å². The van der Waals surface area contributed by atoms with E-state index in [4.69, 9.17) is 18.9 Å². The fourth-order valence-electron chi connectivity index (χ4n) is 4.45. The van der Waals surface area contributed by atoms with E-state index >= 15 is 0 Å². The van der Waals surface area contributed by atoms with E-state index in [0.717, 1.165) is 18.4 Å². The van der Waals surface area contributed by atoms with Crippen LogP contribution in [0, 0.1) is 5.92 Å². The number of hydrogen-bond acceptors (Lipinski definition) is 7. The second-order valence-electron chi connectivity index (χ2n) is 9.97. The normalized spacial score (nSPS) is 35.3. The molecular weight excluding hydrogens is 450 g/mol. The van der Waals surface area contributed by atoms with Crippen LogP contribution in [0.4, 0.5) is 0 Å². The summed E-state index contributed by atoms with van der Waals surface area (Å²) in [4.78, 5) is 23.3. The van der Waals surface area contributed by atoms with Gasteiger partial charge in [0.25, 0.3) is 0 Å². The first kappa shape index (κ1) is 29.2. The summed E-state index contributed by atoms with van der Waals surface area (Å²) in [6.45, 7) is 11.6. The van der Waals surface area contributed by atoms with Gasteiger partial charge < -0.3 is 29.4 Å². The summed E-state index contributed by atoms with van der Waals surface area (Å²) < 4.78 is 22.5. The van der Waals surface area contributed by atoms with Crippen LogP contribution < -0.4 is 5.32 Å². The van der Waals surface area contributed by atoms with Gasteiger partial charge >= 0.3 is 5.97 Å². The Morgan fingerprint density at radius 1 is 1.26 bits per heavy atom. The Morgan fingerprint density at radius 2 is 1.97 bits per heavy atom. The van der Waals surface area contributed by atoms with Gasteiger partial charge in [0.15, 0.2) is 0 Å². The topological polar surface area (TPSA) is 103 Å². The number of amides is 1. The van der Waals surface area contributed by atoms with Crippen molar-refractivity contribution in [3.8, 4) is 0 Å². The van der Waals surface area contributed by atoms with Crippen LogP contribution in [0.15, 0.2) is 36.0 Å². The van der Waals surface area contributed by atoms with E-state index in [1.807, 2.05) is 32.9 Å². The highest BCUT2D eigenvalue weighted by molar-refractivity contribution is 5.87. The number of aliphatic hydroxyl groups excluding tert-OH is 1. The molecule has 7 unspecified atom stereocenters. The Hall–Kier alpha value is -2.00. The average molecular weight is 494 g/mol. The number of hydrogen-bond donors (Lipinski definition) is 2. The Bertz CT molecular complexity index is 807. The Balaban J connectivity index is 1.85. The van der Waals surface area contributed by atoms with Gasteiger partial charge in [0.05, 0.1) is 30.5 Å². The number of carbonyl (C=O) groups excluding carboxylic acids is 2. The molecule has 2 rings (SSSR count). The molecule has 2 aliphatic rings. The molecular formula is C27H43NO7. The zero-order valence-electron chi connectivity index (χ0n) is 22.2. The summed E-state index contributed by atoms with van der Waals surface area (Å²) >= 11 is 0. The Kier molecular flexibility index (Phi) is 11.1. The number of methoxy groups -OCH3 is 1. The maximum Gasteiger partial charge on any atom is 0.303 e. The molecule has 198 valence electrons. The second kappa shape index (κ2) is 13.3. The van der Waals surface area contributed by atoms with Crippen LogP contribution in [0.5, 0.6) is 0 Å². The first-order chi connectivity index (χ1) is 16.4. The van der Waals surface area contributed by atoms with Crippen molar-refractivity contribution in [1.29, 1.82) is 0 Å². The van der Waals surface area contributed by atoms with Gasteiger partial charge in [0.1, 0.15) is 18.3 Å². The van der Waals surface area contributed by atoms with Crippen molar-refractivity contribution in [1.82, 2.24) is 5.32 Å². The molecule has 0 aromatic rings. The van der Waals surface area contributed by atoms with E-state index in [-0.39, 0.29) is 36.0 Å². The first-order valence-electron chi connectivity index (χ1n) is 12.5. The Morgan fingerprint density at radius 3 is 2.63 bits per heavy atom. The molecule has 1 amide bonds. The molecule has 2 fully saturated rings. The maximum absolute atomic E-state index is 12.3. The molecule has 0 bridgehead atoms. The molecule has 0 spiro atoms. The van der Waals surface area contributed by atoms with Gasteiger partial charge in [-0.25, -0.2) is 0 Å². The fourth-order valence-corrected chi connectivity index (χ4v) is 4.45. The number of rotatable bonds is 9. The summed E-state index contributed by atoms with van der Waals surface area (Å²) in [5, 5.41) is 13.6. The highest BCUT2D eigenvalue weighted by atomic mass is 16.5. The monoisotopic (exact) mass is 493 g/mol. The third kappa shape index (κ3) is 8.86. The fraction of sp³-hybridized carbons (Fsp3) is 0.704. The molecule has 2 N–H and O–H groups in total. The van der Waals surface area contributed by atoms with Gasteiger partial charge in [-0.15, -0.1) is 0 Å². The van der Waals surface area contributed by atoms with Gasteiger partial charge in [-0.1, -0.05) is 30.7 Å². The van der Waals surface area contributed by atoms with Crippen LogP contribution in [0.2, 0.25) is 0 Å². The van der Waals surface area contributed by atoms with Crippen molar-refractivity contribution in [3.05, 3.63) is 36.0 Å². The zero-order valence-corrected chi connectivity index (χ0v) is 22.2. The molecule has 8 atom stereocenters. The van der Waals surface area contributed by atoms with E-state index in [2.05, 4.69) is 18.3 Å². The third-order valence-corrected chi connectivity index (χ3v) is 6.95. The predicted molar refractivity (Wildman–Crippen MR) is 134 cm³/mol. The van der Waals surface area contributed by atoms with E-state index < -0.39 is 23.9 Å². The molecule has 35 heavy (non-hydrogen) atoms. The number of allylic oxidation sites excluding steroid dienone is 2. The summed E-state index contributed by atoms with van der Waals surface area (Å²) in [6, 6.07) is -0.0903. The standard InChI is InChI=1S/C27H43NO7/c1-17(9-12-24-26(31)27(6,32-7)14-15-33-24)8-11-23-18(2)16-22(20(4)35-23)28-25(30)13-10-19(3)34-21(5)29/h8-10,12-13,18-20,22-24,26,31H,11,14-16H2,1-7H3,(H,28,30)/b12-9+,13-10-,17-8+/t18?,19?,20?,22?,23?,24?,26-,27?/m1/s1. The average Bonchev–Trinajstić information content (AvgIpc) is 2.79. The van der Waals surface area contributed by atoms with Crippen LogP contribution in [-0.4, -0.2) is 72.9 Å². The van der Waals surface area contributed by atoms with Crippen molar-refractivity contribution in [3.63, 3.8) is 0 Å². The summed E-state index contributed by atoms with van der Waals surface area (Å²) in [7, 11) is 1.62.